The highest BCUT2D eigenvalue weighted by Gasteiger charge is 2.13. The van der Waals surface area contributed by atoms with Crippen LogP contribution >= 0.6 is 0 Å². The van der Waals surface area contributed by atoms with Crippen LogP contribution < -0.4 is 10.2 Å². The van der Waals surface area contributed by atoms with Crippen molar-refractivity contribution in [1.82, 2.24) is 9.97 Å². The Labute approximate surface area is 110 Å². The van der Waals surface area contributed by atoms with E-state index in [0.29, 0.717) is 12.6 Å². The summed E-state index contributed by atoms with van der Waals surface area (Å²) in [6, 6.07) is 2.37. The van der Waals surface area contributed by atoms with Crippen molar-refractivity contribution in [2.75, 3.05) is 37.0 Å². The number of nitrogens with one attached hydrogen (secondary N) is 1. The predicted octanol–water partition coefficient (Wildman–Crippen LogP) is 2.08. The van der Waals surface area contributed by atoms with Gasteiger partial charge in [0.05, 0.1) is 6.61 Å². The molecule has 0 aromatic carbocycles. The fourth-order valence-electron chi connectivity index (χ4n) is 1.80. The van der Waals surface area contributed by atoms with Crippen molar-refractivity contribution in [3.8, 4) is 0 Å². The molecule has 1 N–H and O–H groups in total. The van der Waals surface area contributed by atoms with Crippen molar-refractivity contribution in [1.29, 1.82) is 0 Å². The van der Waals surface area contributed by atoms with Gasteiger partial charge in [-0.15, -0.1) is 0 Å². The van der Waals surface area contributed by atoms with Gasteiger partial charge < -0.3 is 15.0 Å². The molecule has 0 aliphatic carbocycles. The Morgan fingerprint density at radius 1 is 1.39 bits per heavy atom. The summed E-state index contributed by atoms with van der Waals surface area (Å²) in [5.41, 5.74) is 0. The normalized spacial score (nSPS) is 10.8. The van der Waals surface area contributed by atoms with E-state index in [4.69, 9.17) is 4.74 Å². The molecule has 0 unspecified atom stereocenters. The molecule has 0 saturated heterocycles. The Morgan fingerprint density at radius 2 is 2.11 bits per heavy atom. The second-order valence-corrected chi connectivity index (χ2v) is 4.47. The van der Waals surface area contributed by atoms with E-state index in [1.165, 1.54) is 0 Å². The minimum atomic E-state index is 0.379. The van der Waals surface area contributed by atoms with E-state index < -0.39 is 0 Å². The maximum atomic E-state index is 5.15. The van der Waals surface area contributed by atoms with Crippen molar-refractivity contribution >= 4 is 11.6 Å². The maximum absolute atomic E-state index is 5.15. The van der Waals surface area contributed by atoms with Gasteiger partial charge in [-0.1, -0.05) is 0 Å². The third kappa shape index (κ3) is 4.14. The highest BCUT2D eigenvalue weighted by molar-refractivity contribution is 5.49. The fourth-order valence-corrected chi connectivity index (χ4v) is 1.80. The van der Waals surface area contributed by atoms with Crippen molar-refractivity contribution in [2.45, 2.75) is 33.7 Å². The zero-order valence-corrected chi connectivity index (χ0v) is 12.0. The smallest absolute Gasteiger partial charge is 0.134 e. The molecule has 1 aromatic rings. The van der Waals surface area contributed by atoms with Crippen molar-refractivity contribution < 1.29 is 4.74 Å². The van der Waals surface area contributed by atoms with E-state index in [9.17, 15) is 0 Å². The first-order valence-electron chi connectivity index (χ1n) is 6.43. The Balaban J connectivity index is 2.95. The van der Waals surface area contributed by atoms with Gasteiger partial charge in [-0.3, -0.25) is 0 Å². The molecule has 0 aliphatic rings. The lowest BCUT2D eigenvalue weighted by Gasteiger charge is -2.28. The predicted molar refractivity (Wildman–Crippen MR) is 75.3 cm³/mol. The fraction of sp³-hybridized carbons (Fsp3) is 0.692. The van der Waals surface area contributed by atoms with Gasteiger partial charge in [-0.05, 0) is 27.7 Å². The van der Waals surface area contributed by atoms with Crippen LogP contribution in [-0.4, -0.2) is 42.8 Å². The Hall–Kier alpha value is -1.36. The first kappa shape index (κ1) is 14.7. The van der Waals surface area contributed by atoms with Crippen molar-refractivity contribution in [2.24, 2.45) is 0 Å². The van der Waals surface area contributed by atoms with Crippen LogP contribution in [0.3, 0.4) is 0 Å². The van der Waals surface area contributed by atoms with Crippen molar-refractivity contribution in [3.05, 3.63) is 11.9 Å². The van der Waals surface area contributed by atoms with Crippen LogP contribution in [0.5, 0.6) is 0 Å². The van der Waals surface area contributed by atoms with Gasteiger partial charge in [0.15, 0.2) is 0 Å². The summed E-state index contributed by atoms with van der Waals surface area (Å²) in [6.45, 7) is 10.7. The molecular weight excluding hydrogens is 228 g/mol. The molecule has 1 heterocycles. The number of aromatic nitrogens is 2. The minimum Gasteiger partial charge on any atom is -0.383 e. The lowest BCUT2D eigenvalue weighted by molar-refractivity contribution is 0.203. The van der Waals surface area contributed by atoms with Crippen LogP contribution in [-0.2, 0) is 4.74 Å². The van der Waals surface area contributed by atoms with E-state index in [0.717, 1.165) is 30.5 Å². The van der Waals surface area contributed by atoms with Crippen molar-refractivity contribution in [3.63, 3.8) is 0 Å². The van der Waals surface area contributed by atoms with Gasteiger partial charge in [0, 0.05) is 32.3 Å². The third-order valence-electron chi connectivity index (χ3n) is 2.64. The van der Waals surface area contributed by atoms with Gasteiger partial charge >= 0.3 is 0 Å². The lowest BCUT2D eigenvalue weighted by Crippen LogP contribution is -2.34. The quantitative estimate of drug-likeness (QED) is 0.805. The Bertz CT molecular complexity index is 368. The standard InChI is InChI=1S/C13H24N4O/c1-6-14-12-9-13(16-11(4)15-12)17(10(2)3)7-8-18-5/h9-10H,6-8H2,1-5H3,(H,14,15,16). The summed E-state index contributed by atoms with van der Waals surface area (Å²) in [6.07, 6.45) is 0. The number of ether oxygens (including phenoxy) is 1. The summed E-state index contributed by atoms with van der Waals surface area (Å²) < 4.78 is 5.15. The molecule has 0 bridgehead atoms. The number of aryl methyl sites for hydroxylation is 1. The minimum absolute atomic E-state index is 0.379. The molecule has 0 saturated carbocycles. The highest BCUT2D eigenvalue weighted by Crippen LogP contribution is 2.18. The molecule has 5 nitrogen and oxygen atoms in total. The second-order valence-electron chi connectivity index (χ2n) is 4.47. The van der Waals surface area contributed by atoms with Crippen LogP contribution in [0.4, 0.5) is 11.6 Å². The van der Waals surface area contributed by atoms with E-state index in [1.807, 2.05) is 13.0 Å². The summed E-state index contributed by atoms with van der Waals surface area (Å²) in [5.74, 6) is 2.61. The molecule has 18 heavy (non-hydrogen) atoms. The molecule has 0 amide bonds. The molecule has 0 spiro atoms. The first-order valence-corrected chi connectivity index (χ1v) is 6.43. The molecule has 1 rings (SSSR count). The zero-order valence-electron chi connectivity index (χ0n) is 12.0. The molecule has 1 aromatic heterocycles. The van der Waals surface area contributed by atoms with Crippen LogP contribution in [0.15, 0.2) is 6.07 Å². The van der Waals surface area contributed by atoms with Gasteiger partial charge in [0.25, 0.3) is 0 Å². The molecule has 0 radical (unpaired) electrons. The van der Waals surface area contributed by atoms with Crippen LogP contribution in [0.1, 0.15) is 26.6 Å². The van der Waals surface area contributed by atoms with Crippen LogP contribution in [0.25, 0.3) is 0 Å². The first-order chi connectivity index (χ1) is 8.58. The molecule has 5 heteroatoms. The topological polar surface area (TPSA) is 50.3 Å². The monoisotopic (exact) mass is 252 g/mol. The highest BCUT2D eigenvalue weighted by atomic mass is 16.5. The van der Waals surface area contributed by atoms with Gasteiger partial charge in [-0.25, -0.2) is 9.97 Å². The molecular formula is C13H24N4O. The van der Waals surface area contributed by atoms with Gasteiger partial charge in [0.1, 0.15) is 17.5 Å². The number of methoxy groups -OCH3 is 1. The summed E-state index contributed by atoms with van der Waals surface area (Å²) in [7, 11) is 1.72. The number of hydrogen-bond acceptors (Lipinski definition) is 5. The number of nitrogens with zero attached hydrogens (tertiary/aromatic N) is 3. The van der Waals surface area contributed by atoms with Crippen LogP contribution in [0.2, 0.25) is 0 Å². The summed E-state index contributed by atoms with van der Waals surface area (Å²) >= 11 is 0. The molecule has 0 aliphatic heterocycles. The number of hydrogen-bond donors (Lipinski definition) is 1. The Kier molecular flexibility index (Phi) is 5.85. The molecule has 0 fully saturated rings. The largest absolute Gasteiger partial charge is 0.383 e. The maximum Gasteiger partial charge on any atom is 0.134 e. The van der Waals surface area contributed by atoms with E-state index in [1.54, 1.807) is 7.11 Å². The summed E-state index contributed by atoms with van der Waals surface area (Å²) in [5, 5.41) is 3.23. The second kappa shape index (κ2) is 7.16. The SMILES string of the molecule is CCNc1cc(N(CCOC)C(C)C)nc(C)n1. The van der Waals surface area contributed by atoms with Gasteiger partial charge in [-0.2, -0.15) is 0 Å². The lowest BCUT2D eigenvalue weighted by atomic mass is 10.3. The average Bonchev–Trinajstić information content (AvgIpc) is 2.28. The average molecular weight is 252 g/mol. The molecule has 102 valence electrons. The van der Waals surface area contributed by atoms with E-state index in [-0.39, 0.29) is 0 Å². The van der Waals surface area contributed by atoms with E-state index >= 15 is 0 Å². The number of anilines is 2. The zero-order chi connectivity index (χ0) is 13.5. The Morgan fingerprint density at radius 3 is 2.67 bits per heavy atom. The van der Waals surface area contributed by atoms with Gasteiger partial charge in [0.2, 0.25) is 0 Å². The van der Waals surface area contributed by atoms with E-state index in [2.05, 4.69) is 41.0 Å². The molecule has 0 atom stereocenters. The number of rotatable bonds is 7. The van der Waals surface area contributed by atoms with Crippen LogP contribution in [0, 0.1) is 6.92 Å². The third-order valence-corrected chi connectivity index (χ3v) is 2.64. The summed E-state index contributed by atoms with van der Waals surface area (Å²) in [4.78, 5) is 11.1.